The summed E-state index contributed by atoms with van der Waals surface area (Å²) in [7, 11) is 0. The molecule has 0 N–H and O–H groups in total. The van der Waals surface area contributed by atoms with Gasteiger partial charge in [-0.05, 0) is 18.6 Å². The number of furan rings is 1. The number of thiocarbonyl (C=S) groups is 1. The predicted octanol–water partition coefficient (Wildman–Crippen LogP) is 1.40. The summed E-state index contributed by atoms with van der Waals surface area (Å²) in [5.41, 5.74) is 0. The lowest BCUT2D eigenvalue weighted by molar-refractivity contribution is -0.310. The summed E-state index contributed by atoms with van der Waals surface area (Å²) >= 11 is 6.17. The van der Waals surface area contributed by atoms with Gasteiger partial charge in [-0.15, -0.1) is 0 Å². The smallest absolute Gasteiger partial charge is 0.266 e. The first-order valence-corrected chi connectivity index (χ1v) is 7.28. The molecular weight excluding hydrogens is 298 g/mol. The van der Waals surface area contributed by atoms with Gasteiger partial charge in [0, 0.05) is 6.08 Å². The second-order valence-corrected chi connectivity index (χ2v) is 5.87. The fraction of sp³-hybridized carbons (Fsp3) is 0.308. The Morgan fingerprint density at radius 1 is 1.65 bits per heavy atom. The zero-order chi connectivity index (χ0) is 14.7. The molecule has 1 fully saturated rings. The standard InChI is InChI=1S/C13H13NO4S2/c1-2-4-9(12(16)17)14-11(15)10(20-13(14)19)7-8-5-3-6-18-8/h3,5-7,9H,2,4H2,1H3,(H,16,17)/p-1/b10-7+/t9-/m1/s1. The van der Waals surface area contributed by atoms with Gasteiger partial charge in [-0.25, -0.2) is 0 Å². The number of amides is 1. The quantitative estimate of drug-likeness (QED) is 0.604. The third-order valence-electron chi connectivity index (χ3n) is 2.79. The van der Waals surface area contributed by atoms with Crippen molar-refractivity contribution in [2.24, 2.45) is 0 Å². The number of carboxylic acids is 1. The number of carbonyl (C=O) groups is 2. The Kier molecular flexibility index (Phi) is 4.61. The minimum atomic E-state index is -1.29. The van der Waals surface area contributed by atoms with Gasteiger partial charge in [-0.3, -0.25) is 9.69 Å². The molecule has 0 unspecified atom stereocenters. The number of nitrogens with zero attached hydrogens (tertiary/aromatic N) is 1. The third-order valence-corrected chi connectivity index (χ3v) is 4.12. The highest BCUT2D eigenvalue weighted by Gasteiger charge is 2.37. The average Bonchev–Trinajstić information content (AvgIpc) is 2.98. The van der Waals surface area contributed by atoms with Crippen LogP contribution in [0.15, 0.2) is 27.7 Å². The molecule has 0 saturated carbocycles. The molecule has 1 amide bonds. The Morgan fingerprint density at radius 3 is 2.95 bits per heavy atom. The SMILES string of the molecule is CCC[C@H](C(=O)[O-])N1C(=O)/C(=C\c2ccco2)SC1=S. The maximum Gasteiger partial charge on any atom is 0.266 e. The lowest BCUT2D eigenvalue weighted by atomic mass is 10.1. The molecule has 2 rings (SSSR count). The zero-order valence-corrected chi connectivity index (χ0v) is 12.3. The van der Waals surface area contributed by atoms with Crippen LogP contribution in [0.25, 0.3) is 6.08 Å². The number of rotatable bonds is 5. The van der Waals surface area contributed by atoms with Crippen LogP contribution in [-0.4, -0.2) is 27.1 Å². The van der Waals surface area contributed by atoms with Crippen molar-refractivity contribution < 1.29 is 19.1 Å². The van der Waals surface area contributed by atoms with E-state index in [0.29, 0.717) is 23.5 Å². The first kappa shape index (κ1) is 14.8. The van der Waals surface area contributed by atoms with E-state index < -0.39 is 17.9 Å². The molecule has 0 radical (unpaired) electrons. The van der Waals surface area contributed by atoms with Crippen LogP contribution in [0.2, 0.25) is 0 Å². The van der Waals surface area contributed by atoms with E-state index >= 15 is 0 Å². The van der Waals surface area contributed by atoms with E-state index in [0.717, 1.165) is 16.7 Å². The van der Waals surface area contributed by atoms with Crippen molar-refractivity contribution in [1.29, 1.82) is 0 Å². The van der Waals surface area contributed by atoms with Crippen LogP contribution in [0.4, 0.5) is 0 Å². The Bertz CT molecular complexity index is 565. The molecule has 0 spiro atoms. The van der Waals surface area contributed by atoms with E-state index in [1.165, 1.54) is 6.26 Å². The van der Waals surface area contributed by atoms with Crippen molar-refractivity contribution in [2.75, 3.05) is 0 Å². The molecule has 106 valence electrons. The number of hydrogen-bond donors (Lipinski definition) is 0. The van der Waals surface area contributed by atoms with Gasteiger partial charge < -0.3 is 14.3 Å². The highest BCUT2D eigenvalue weighted by atomic mass is 32.2. The summed E-state index contributed by atoms with van der Waals surface area (Å²) in [5.74, 6) is -1.19. The van der Waals surface area contributed by atoms with Crippen molar-refractivity contribution in [3.63, 3.8) is 0 Å². The van der Waals surface area contributed by atoms with Crippen LogP contribution in [0, 0.1) is 0 Å². The summed E-state index contributed by atoms with van der Waals surface area (Å²) in [5, 5.41) is 11.2. The fourth-order valence-corrected chi connectivity index (χ4v) is 3.21. The van der Waals surface area contributed by atoms with Gasteiger partial charge in [0.25, 0.3) is 5.91 Å². The molecule has 0 bridgehead atoms. The summed E-state index contributed by atoms with van der Waals surface area (Å²) in [6.45, 7) is 1.84. The maximum absolute atomic E-state index is 12.3. The zero-order valence-electron chi connectivity index (χ0n) is 10.7. The molecule has 1 atom stereocenters. The average molecular weight is 310 g/mol. The minimum Gasteiger partial charge on any atom is -0.548 e. The molecule has 1 aliphatic heterocycles. The second kappa shape index (κ2) is 6.23. The molecule has 1 saturated heterocycles. The number of aliphatic carboxylic acids is 1. The molecule has 7 heteroatoms. The molecule has 1 aliphatic rings. The molecule has 1 aromatic rings. The molecular formula is C13H12NO4S2-. The molecule has 2 heterocycles. The van der Waals surface area contributed by atoms with E-state index in [4.69, 9.17) is 16.6 Å². The van der Waals surface area contributed by atoms with Gasteiger partial charge in [-0.1, -0.05) is 37.3 Å². The van der Waals surface area contributed by atoms with Crippen molar-refractivity contribution in [2.45, 2.75) is 25.8 Å². The summed E-state index contributed by atoms with van der Waals surface area (Å²) in [6.07, 6.45) is 3.97. The van der Waals surface area contributed by atoms with Gasteiger partial charge in [0.05, 0.1) is 23.2 Å². The maximum atomic E-state index is 12.3. The fourth-order valence-electron chi connectivity index (χ4n) is 1.88. The Balaban J connectivity index is 2.26. The highest BCUT2D eigenvalue weighted by Crippen LogP contribution is 2.34. The third kappa shape index (κ3) is 2.94. The van der Waals surface area contributed by atoms with Crippen LogP contribution in [0.3, 0.4) is 0 Å². The second-order valence-electron chi connectivity index (χ2n) is 4.19. The number of carbonyl (C=O) groups excluding carboxylic acids is 2. The summed E-state index contributed by atoms with van der Waals surface area (Å²) in [6, 6.07) is 2.39. The van der Waals surface area contributed by atoms with Crippen LogP contribution in [0.5, 0.6) is 0 Å². The largest absolute Gasteiger partial charge is 0.548 e. The number of carboxylic acid groups (broad SMARTS) is 1. The summed E-state index contributed by atoms with van der Waals surface area (Å²) in [4.78, 5) is 24.9. The van der Waals surface area contributed by atoms with Gasteiger partial charge in [-0.2, -0.15) is 0 Å². The van der Waals surface area contributed by atoms with Crippen molar-refractivity contribution in [3.05, 3.63) is 29.1 Å². The number of hydrogen-bond acceptors (Lipinski definition) is 6. The Morgan fingerprint density at radius 2 is 2.40 bits per heavy atom. The van der Waals surface area contributed by atoms with Gasteiger partial charge >= 0.3 is 0 Å². The normalized spacial score (nSPS) is 18.9. The van der Waals surface area contributed by atoms with Gasteiger partial charge in [0.2, 0.25) is 0 Å². The highest BCUT2D eigenvalue weighted by molar-refractivity contribution is 8.26. The van der Waals surface area contributed by atoms with Gasteiger partial charge in [0.1, 0.15) is 10.1 Å². The number of thioether (sulfide) groups is 1. The Labute approximate surface area is 125 Å². The summed E-state index contributed by atoms with van der Waals surface area (Å²) < 4.78 is 5.37. The van der Waals surface area contributed by atoms with Crippen LogP contribution in [0.1, 0.15) is 25.5 Å². The molecule has 0 aromatic carbocycles. The van der Waals surface area contributed by atoms with E-state index in [1.54, 1.807) is 18.2 Å². The van der Waals surface area contributed by atoms with Crippen LogP contribution >= 0.6 is 24.0 Å². The van der Waals surface area contributed by atoms with Crippen molar-refractivity contribution in [1.82, 2.24) is 4.90 Å². The Hall–Kier alpha value is -1.60. The van der Waals surface area contributed by atoms with E-state index in [1.807, 2.05) is 6.92 Å². The lowest BCUT2D eigenvalue weighted by Crippen LogP contribution is -2.49. The predicted molar refractivity (Wildman–Crippen MR) is 77.4 cm³/mol. The van der Waals surface area contributed by atoms with E-state index in [-0.39, 0.29) is 4.32 Å². The van der Waals surface area contributed by atoms with Crippen molar-refractivity contribution in [3.8, 4) is 0 Å². The molecule has 20 heavy (non-hydrogen) atoms. The first-order valence-electron chi connectivity index (χ1n) is 6.06. The molecule has 0 aliphatic carbocycles. The van der Waals surface area contributed by atoms with Crippen LogP contribution in [-0.2, 0) is 9.59 Å². The van der Waals surface area contributed by atoms with E-state index in [9.17, 15) is 14.7 Å². The van der Waals surface area contributed by atoms with Crippen molar-refractivity contribution >= 4 is 46.3 Å². The van der Waals surface area contributed by atoms with Gasteiger partial charge in [0.15, 0.2) is 0 Å². The first-order chi connectivity index (χ1) is 9.54. The minimum absolute atomic E-state index is 0.232. The van der Waals surface area contributed by atoms with E-state index in [2.05, 4.69) is 0 Å². The molecule has 1 aromatic heterocycles. The molecule has 5 nitrogen and oxygen atoms in total. The topological polar surface area (TPSA) is 73.6 Å². The monoisotopic (exact) mass is 310 g/mol. The van der Waals surface area contributed by atoms with Crippen LogP contribution < -0.4 is 5.11 Å². The lowest BCUT2D eigenvalue weighted by Gasteiger charge is -2.27.